The zero-order chi connectivity index (χ0) is 14.1. The van der Waals surface area contributed by atoms with Crippen LogP contribution in [0, 0.1) is 5.92 Å². The van der Waals surface area contributed by atoms with Gasteiger partial charge < -0.3 is 10.2 Å². The Hall–Kier alpha value is -1.35. The first-order valence-electron chi connectivity index (χ1n) is 7.10. The average Bonchev–Trinajstić information content (AvgIpc) is 2.39. The molecule has 0 saturated heterocycles. The van der Waals surface area contributed by atoms with Crippen molar-refractivity contribution in [1.82, 2.24) is 10.3 Å². The Labute approximate surface area is 117 Å². The third kappa shape index (κ3) is 5.88. The van der Waals surface area contributed by atoms with Crippen LogP contribution >= 0.6 is 0 Å². The van der Waals surface area contributed by atoms with Crippen molar-refractivity contribution in [3.63, 3.8) is 0 Å². The number of anilines is 1. The van der Waals surface area contributed by atoms with Crippen LogP contribution in [0.15, 0.2) is 31.1 Å². The van der Waals surface area contributed by atoms with E-state index in [1.807, 2.05) is 18.5 Å². The van der Waals surface area contributed by atoms with E-state index in [9.17, 15) is 0 Å². The van der Waals surface area contributed by atoms with Gasteiger partial charge in [0.05, 0.1) is 11.9 Å². The first-order valence-corrected chi connectivity index (χ1v) is 7.10. The second-order valence-electron chi connectivity index (χ2n) is 5.38. The second kappa shape index (κ2) is 8.70. The maximum atomic E-state index is 4.25. The Morgan fingerprint density at radius 2 is 2.26 bits per heavy atom. The molecule has 0 saturated carbocycles. The smallest absolute Gasteiger partial charge is 0.0595 e. The lowest BCUT2D eigenvalue weighted by atomic mass is 10.1. The van der Waals surface area contributed by atoms with Crippen molar-refractivity contribution in [1.29, 1.82) is 0 Å². The van der Waals surface area contributed by atoms with E-state index in [4.69, 9.17) is 0 Å². The van der Waals surface area contributed by atoms with Gasteiger partial charge in [0.1, 0.15) is 0 Å². The molecule has 0 aliphatic heterocycles. The van der Waals surface area contributed by atoms with Gasteiger partial charge in [0.15, 0.2) is 0 Å². The van der Waals surface area contributed by atoms with Crippen LogP contribution in [0.3, 0.4) is 0 Å². The Balaban J connectivity index is 2.58. The van der Waals surface area contributed by atoms with Crippen LogP contribution in [0.1, 0.15) is 32.3 Å². The minimum atomic E-state index is 0.676. The molecule has 3 nitrogen and oxygen atoms in total. The molecule has 0 spiro atoms. The zero-order valence-electron chi connectivity index (χ0n) is 12.5. The highest BCUT2D eigenvalue weighted by Crippen LogP contribution is 2.18. The van der Waals surface area contributed by atoms with Gasteiger partial charge in [0, 0.05) is 26.3 Å². The molecule has 0 aliphatic carbocycles. The normalized spacial score (nSPS) is 10.7. The van der Waals surface area contributed by atoms with Gasteiger partial charge in [-0.15, -0.1) is 6.58 Å². The van der Waals surface area contributed by atoms with Crippen LogP contribution in [0.5, 0.6) is 0 Å². The van der Waals surface area contributed by atoms with Crippen LogP contribution in [0.4, 0.5) is 5.69 Å². The number of unbranched alkanes of at least 4 members (excludes halogenated alkanes) is 1. The Kier molecular flexibility index (Phi) is 7.19. The number of hydrogen-bond acceptors (Lipinski definition) is 3. The van der Waals surface area contributed by atoms with Crippen molar-refractivity contribution in [2.45, 2.75) is 33.2 Å². The molecule has 1 rings (SSSR count). The standard InChI is InChI=1S/C16H27N3/c1-5-6-7-10-19(4)16-13-17-9-8-15(16)12-18-11-14(2)3/h5,8-9,13-14,18H,1,6-7,10-12H2,2-4H3. The number of pyridine rings is 1. The summed E-state index contributed by atoms with van der Waals surface area (Å²) in [5.41, 5.74) is 2.54. The molecule has 1 N–H and O–H groups in total. The molecule has 0 radical (unpaired) electrons. The van der Waals surface area contributed by atoms with E-state index in [0.717, 1.165) is 32.5 Å². The SMILES string of the molecule is C=CCCCN(C)c1cnccc1CNCC(C)C. The van der Waals surface area contributed by atoms with Crippen LogP contribution in [0.2, 0.25) is 0 Å². The highest BCUT2D eigenvalue weighted by Gasteiger charge is 2.07. The van der Waals surface area contributed by atoms with Gasteiger partial charge >= 0.3 is 0 Å². The lowest BCUT2D eigenvalue weighted by Gasteiger charge is -2.22. The van der Waals surface area contributed by atoms with E-state index < -0.39 is 0 Å². The van der Waals surface area contributed by atoms with E-state index in [1.54, 1.807) is 0 Å². The first kappa shape index (κ1) is 15.7. The van der Waals surface area contributed by atoms with E-state index in [0.29, 0.717) is 5.92 Å². The van der Waals surface area contributed by atoms with Crippen LogP contribution in [-0.4, -0.2) is 25.1 Å². The summed E-state index contributed by atoms with van der Waals surface area (Å²) < 4.78 is 0. The second-order valence-corrected chi connectivity index (χ2v) is 5.38. The molecule has 1 aromatic heterocycles. The Morgan fingerprint density at radius 3 is 2.95 bits per heavy atom. The average molecular weight is 261 g/mol. The third-order valence-corrected chi connectivity index (χ3v) is 3.07. The Morgan fingerprint density at radius 1 is 1.47 bits per heavy atom. The van der Waals surface area contributed by atoms with E-state index in [-0.39, 0.29) is 0 Å². The van der Waals surface area contributed by atoms with Crippen molar-refractivity contribution >= 4 is 5.69 Å². The number of nitrogens with one attached hydrogen (secondary N) is 1. The van der Waals surface area contributed by atoms with Crippen molar-refractivity contribution in [3.05, 3.63) is 36.7 Å². The summed E-state index contributed by atoms with van der Waals surface area (Å²) in [7, 11) is 2.13. The summed E-state index contributed by atoms with van der Waals surface area (Å²) in [6.45, 7) is 11.2. The summed E-state index contributed by atoms with van der Waals surface area (Å²) in [5.74, 6) is 0.676. The molecule has 0 aliphatic rings. The fraction of sp³-hybridized carbons (Fsp3) is 0.562. The quantitative estimate of drug-likeness (QED) is 0.546. The predicted octanol–water partition coefficient (Wildman–Crippen LogP) is 3.23. The lowest BCUT2D eigenvalue weighted by molar-refractivity contribution is 0.552. The molecule has 0 atom stereocenters. The van der Waals surface area contributed by atoms with Gasteiger partial charge in [-0.25, -0.2) is 0 Å². The number of hydrogen-bond donors (Lipinski definition) is 1. The molecular formula is C16H27N3. The molecule has 1 aromatic rings. The van der Waals surface area contributed by atoms with E-state index in [1.165, 1.54) is 11.3 Å². The number of rotatable bonds is 9. The minimum Gasteiger partial charge on any atom is -0.373 e. The number of aromatic nitrogens is 1. The van der Waals surface area contributed by atoms with Crippen molar-refractivity contribution < 1.29 is 0 Å². The molecule has 0 fully saturated rings. The fourth-order valence-electron chi connectivity index (χ4n) is 2.00. The molecule has 1 heterocycles. The zero-order valence-corrected chi connectivity index (χ0v) is 12.5. The summed E-state index contributed by atoms with van der Waals surface area (Å²) in [6.07, 6.45) is 8.00. The van der Waals surface area contributed by atoms with Gasteiger partial charge in [0.2, 0.25) is 0 Å². The highest BCUT2D eigenvalue weighted by molar-refractivity contribution is 5.50. The largest absolute Gasteiger partial charge is 0.373 e. The van der Waals surface area contributed by atoms with Crippen LogP contribution in [0.25, 0.3) is 0 Å². The summed E-state index contributed by atoms with van der Waals surface area (Å²) >= 11 is 0. The number of allylic oxidation sites excluding steroid dienone is 1. The van der Waals surface area contributed by atoms with E-state index >= 15 is 0 Å². The highest BCUT2D eigenvalue weighted by atomic mass is 15.1. The van der Waals surface area contributed by atoms with Gasteiger partial charge in [-0.2, -0.15) is 0 Å². The van der Waals surface area contributed by atoms with Crippen molar-refractivity contribution in [2.24, 2.45) is 5.92 Å². The molecule has 19 heavy (non-hydrogen) atoms. The molecule has 0 amide bonds. The van der Waals surface area contributed by atoms with Crippen LogP contribution in [-0.2, 0) is 6.54 Å². The summed E-state index contributed by atoms with van der Waals surface area (Å²) in [6, 6.07) is 2.10. The number of nitrogens with zero attached hydrogens (tertiary/aromatic N) is 2. The maximum Gasteiger partial charge on any atom is 0.0595 e. The van der Waals surface area contributed by atoms with Gasteiger partial charge in [0.25, 0.3) is 0 Å². The van der Waals surface area contributed by atoms with Gasteiger partial charge in [-0.05, 0) is 36.9 Å². The third-order valence-electron chi connectivity index (χ3n) is 3.07. The van der Waals surface area contributed by atoms with Crippen molar-refractivity contribution in [3.8, 4) is 0 Å². The minimum absolute atomic E-state index is 0.676. The maximum absolute atomic E-state index is 4.25. The van der Waals surface area contributed by atoms with Gasteiger partial charge in [-0.1, -0.05) is 19.9 Å². The van der Waals surface area contributed by atoms with Gasteiger partial charge in [-0.3, -0.25) is 4.98 Å². The van der Waals surface area contributed by atoms with Crippen LogP contribution < -0.4 is 10.2 Å². The lowest BCUT2D eigenvalue weighted by Crippen LogP contribution is -2.23. The monoisotopic (exact) mass is 261 g/mol. The predicted molar refractivity (Wildman–Crippen MR) is 83.5 cm³/mol. The fourth-order valence-corrected chi connectivity index (χ4v) is 2.00. The summed E-state index contributed by atoms with van der Waals surface area (Å²) in [5, 5.41) is 3.49. The molecule has 0 aromatic carbocycles. The summed E-state index contributed by atoms with van der Waals surface area (Å²) in [4.78, 5) is 6.53. The molecule has 3 heteroatoms. The molecule has 106 valence electrons. The van der Waals surface area contributed by atoms with Crippen molar-refractivity contribution in [2.75, 3.05) is 25.0 Å². The molecule has 0 unspecified atom stereocenters. The van der Waals surface area contributed by atoms with E-state index in [2.05, 4.69) is 48.7 Å². The molecule has 0 bridgehead atoms. The Bertz CT molecular complexity index is 374. The first-order chi connectivity index (χ1) is 9.15. The topological polar surface area (TPSA) is 28.2 Å². The molecular weight excluding hydrogens is 234 g/mol.